The van der Waals surface area contributed by atoms with Crippen LogP contribution < -0.4 is 4.74 Å². The largest absolute Gasteiger partial charge is 0.464 e. The molecule has 32 heavy (non-hydrogen) atoms. The molecule has 1 aliphatic heterocycles. The number of hydrogen-bond acceptors (Lipinski definition) is 4. The van der Waals surface area contributed by atoms with Crippen LogP contribution in [0.25, 0.3) is 16.7 Å². The summed E-state index contributed by atoms with van der Waals surface area (Å²) in [5.74, 6) is 0.414. The van der Waals surface area contributed by atoms with Crippen molar-refractivity contribution in [3.05, 3.63) is 83.0 Å². The van der Waals surface area contributed by atoms with Gasteiger partial charge in [-0.05, 0) is 56.0 Å². The highest BCUT2D eigenvalue weighted by atomic mass is 16.5. The summed E-state index contributed by atoms with van der Waals surface area (Å²) >= 11 is 0. The van der Waals surface area contributed by atoms with E-state index >= 15 is 0 Å². The summed E-state index contributed by atoms with van der Waals surface area (Å²) in [5.41, 5.74) is 6.13. The lowest BCUT2D eigenvalue weighted by atomic mass is 9.99. The lowest BCUT2D eigenvalue weighted by Gasteiger charge is -2.30. The number of amides is 1. The van der Waals surface area contributed by atoms with Crippen molar-refractivity contribution in [3.63, 3.8) is 0 Å². The summed E-state index contributed by atoms with van der Waals surface area (Å²) in [6, 6.07) is 20.1. The molecule has 0 aliphatic carbocycles. The predicted octanol–water partition coefficient (Wildman–Crippen LogP) is 4.39. The van der Waals surface area contributed by atoms with Crippen LogP contribution in [0.2, 0.25) is 0 Å². The van der Waals surface area contributed by atoms with Gasteiger partial charge in [0.05, 0.1) is 11.4 Å². The number of aryl methyl sites for hydroxylation is 2. The molecule has 0 saturated heterocycles. The summed E-state index contributed by atoms with van der Waals surface area (Å²) < 4.78 is 7.89. The molecule has 5 rings (SSSR count). The maximum atomic E-state index is 13.1. The van der Waals surface area contributed by atoms with E-state index in [2.05, 4.69) is 12.1 Å². The van der Waals surface area contributed by atoms with E-state index in [1.54, 1.807) is 6.92 Å². The number of pyridine rings is 1. The maximum Gasteiger partial charge on any atom is 0.263 e. The molecule has 6 heteroatoms. The molecule has 1 unspecified atom stereocenters. The lowest BCUT2D eigenvalue weighted by Crippen LogP contribution is -2.43. The third-order valence-corrected chi connectivity index (χ3v) is 6.07. The first kappa shape index (κ1) is 20.2. The number of carbonyl (C=O) groups excluding carboxylic acids is 1. The smallest absolute Gasteiger partial charge is 0.263 e. The number of aromatic nitrogens is 3. The quantitative estimate of drug-likeness (QED) is 0.486. The highest BCUT2D eigenvalue weighted by Crippen LogP contribution is 2.27. The van der Waals surface area contributed by atoms with Gasteiger partial charge in [-0.15, -0.1) is 0 Å². The molecule has 0 saturated carbocycles. The minimum atomic E-state index is -0.626. The zero-order valence-corrected chi connectivity index (χ0v) is 18.6. The first-order chi connectivity index (χ1) is 15.5. The molecule has 1 aliphatic rings. The molecule has 0 fully saturated rings. The summed E-state index contributed by atoms with van der Waals surface area (Å²) in [4.78, 5) is 19.7. The van der Waals surface area contributed by atoms with Gasteiger partial charge in [-0.3, -0.25) is 4.79 Å². The van der Waals surface area contributed by atoms with Crippen LogP contribution in [0.5, 0.6) is 5.88 Å². The van der Waals surface area contributed by atoms with Gasteiger partial charge in [-0.1, -0.05) is 42.5 Å². The van der Waals surface area contributed by atoms with Crippen molar-refractivity contribution in [2.45, 2.75) is 39.8 Å². The molecular weight excluding hydrogens is 400 g/mol. The Hall–Kier alpha value is -3.67. The van der Waals surface area contributed by atoms with Crippen LogP contribution in [-0.4, -0.2) is 38.2 Å². The Morgan fingerprint density at radius 1 is 1.03 bits per heavy atom. The number of ether oxygens (including phenoxy) is 1. The Morgan fingerprint density at radius 3 is 2.53 bits per heavy atom. The monoisotopic (exact) mass is 426 g/mol. The number of para-hydroxylation sites is 1. The van der Waals surface area contributed by atoms with E-state index < -0.39 is 6.10 Å². The Labute approximate surface area is 187 Å². The predicted molar refractivity (Wildman–Crippen MR) is 124 cm³/mol. The maximum absolute atomic E-state index is 13.1. The van der Waals surface area contributed by atoms with Gasteiger partial charge in [-0.25, -0.2) is 4.68 Å². The van der Waals surface area contributed by atoms with Gasteiger partial charge in [0, 0.05) is 24.5 Å². The molecule has 0 radical (unpaired) electrons. The van der Waals surface area contributed by atoms with Gasteiger partial charge in [0.15, 0.2) is 11.8 Å². The van der Waals surface area contributed by atoms with E-state index in [0.717, 1.165) is 34.4 Å². The first-order valence-corrected chi connectivity index (χ1v) is 11.0. The second kappa shape index (κ2) is 8.11. The van der Waals surface area contributed by atoms with Gasteiger partial charge in [-0.2, -0.15) is 10.1 Å². The molecule has 0 N–H and O–H groups in total. The Kier molecular flexibility index (Phi) is 5.13. The number of nitrogens with zero attached hydrogens (tertiary/aromatic N) is 4. The fourth-order valence-corrected chi connectivity index (χ4v) is 4.46. The number of fused-ring (bicyclic) bond motifs is 2. The summed E-state index contributed by atoms with van der Waals surface area (Å²) in [6.07, 6.45) is 0.242. The van der Waals surface area contributed by atoms with E-state index in [1.807, 2.05) is 72.0 Å². The molecule has 162 valence electrons. The van der Waals surface area contributed by atoms with Crippen molar-refractivity contribution < 1.29 is 9.53 Å². The number of rotatable bonds is 4. The van der Waals surface area contributed by atoms with Crippen LogP contribution in [0.1, 0.15) is 29.3 Å². The topological polar surface area (TPSA) is 60.2 Å². The van der Waals surface area contributed by atoms with Gasteiger partial charge in [0.25, 0.3) is 5.91 Å². The zero-order chi connectivity index (χ0) is 22.2. The van der Waals surface area contributed by atoms with Crippen LogP contribution in [-0.2, 0) is 17.8 Å². The fourth-order valence-electron chi connectivity index (χ4n) is 4.46. The zero-order valence-electron chi connectivity index (χ0n) is 18.6. The lowest BCUT2D eigenvalue weighted by molar-refractivity contribution is -0.139. The summed E-state index contributed by atoms with van der Waals surface area (Å²) in [6.45, 7) is 7.12. The molecule has 6 nitrogen and oxygen atoms in total. The van der Waals surface area contributed by atoms with Crippen molar-refractivity contribution in [1.82, 2.24) is 19.7 Å². The van der Waals surface area contributed by atoms with E-state index in [1.165, 1.54) is 11.1 Å². The molecule has 1 amide bonds. The average Bonchev–Trinajstić information content (AvgIpc) is 3.15. The molecule has 2 aromatic heterocycles. The Morgan fingerprint density at radius 2 is 1.75 bits per heavy atom. The van der Waals surface area contributed by atoms with E-state index in [-0.39, 0.29) is 5.91 Å². The number of benzene rings is 2. The Bertz CT molecular complexity index is 1300. The average molecular weight is 427 g/mol. The van der Waals surface area contributed by atoms with Crippen molar-refractivity contribution in [1.29, 1.82) is 0 Å². The standard InChI is InChI=1S/C26H26N4O2/c1-17-15-23(27-25-24(17)18(2)28-30(25)22-11-5-4-6-12-22)32-19(3)26(31)29-14-13-20-9-7-8-10-21(20)16-29/h4-12,15,19H,13-14,16H2,1-3H3. The third kappa shape index (κ3) is 3.62. The molecule has 0 spiro atoms. The molecule has 3 heterocycles. The fraction of sp³-hybridized carbons (Fsp3) is 0.269. The molecule has 1 atom stereocenters. The normalized spacial score (nSPS) is 14.3. The van der Waals surface area contributed by atoms with Gasteiger partial charge >= 0.3 is 0 Å². The third-order valence-electron chi connectivity index (χ3n) is 6.07. The van der Waals surface area contributed by atoms with Gasteiger partial charge < -0.3 is 9.64 Å². The molecule has 0 bridgehead atoms. The number of hydrogen-bond donors (Lipinski definition) is 0. The summed E-state index contributed by atoms with van der Waals surface area (Å²) in [5, 5.41) is 5.70. The van der Waals surface area contributed by atoms with Crippen LogP contribution in [0.4, 0.5) is 0 Å². The molecule has 2 aromatic carbocycles. The van der Waals surface area contributed by atoms with E-state index in [9.17, 15) is 4.79 Å². The van der Waals surface area contributed by atoms with Crippen molar-refractivity contribution >= 4 is 16.9 Å². The molecular formula is C26H26N4O2. The van der Waals surface area contributed by atoms with Crippen LogP contribution in [0.15, 0.2) is 60.7 Å². The van der Waals surface area contributed by atoms with Crippen LogP contribution >= 0.6 is 0 Å². The van der Waals surface area contributed by atoms with Gasteiger partial charge in [0.2, 0.25) is 5.88 Å². The Balaban J connectivity index is 1.41. The first-order valence-electron chi connectivity index (χ1n) is 11.0. The van der Waals surface area contributed by atoms with Crippen LogP contribution in [0, 0.1) is 13.8 Å². The second-order valence-corrected chi connectivity index (χ2v) is 8.35. The van der Waals surface area contributed by atoms with Crippen molar-refractivity contribution in [2.75, 3.05) is 6.54 Å². The SMILES string of the molecule is Cc1cc(OC(C)C(=O)N2CCc3ccccc3C2)nc2c1c(C)nn2-c1ccccc1. The van der Waals surface area contributed by atoms with Crippen molar-refractivity contribution in [3.8, 4) is 11.6 Å². The minimum Gasteiger partial charge on any atom is -0.464 e. The second-order valence-electron chi connectivity index (χ2n) is 8.35. The minimum absolute atomic E-state index is 0.0215. The molecule has 4 aromatic rings. The highest BCUT2D eigenvalue weighted by Gasteiger charge is 2.26. The number of carbonyl (C=O) groups is 1. The van der Waals surface area contributed by atoms with Gasteiger partial charge in [0.1, 0.15) is 0 Å². The van der Waals surface area contributed by atoms with Crippen LogP contribution in [0.3, 0.4) is 0 Å². The van der Waals surface area contributed by atoms with Crippen molar-refractivity contribution in [2.24, 2.45) is 0 Å². The van der Waals surface area contributed by atoms with E-state index in [0.29, 0.717) is 19.0 Å². The summed E-state index contributed by atoms with van der Waals surface area (Å²) in [7, 11) is 0. The van der Waals surface area contributed by atoms with E-state index in [4.69, 9.17) is 14.8 Å². The highest BCUT2D eigenvalue weighted by molar-refractivity contribution is 5.84.